The Balaban J connectivity index is 1.60. The molecule has 1 aliphatic heterocycles. The molecule has 7 heteroatoms. The van der Waals surface area contributed by atoms with Crippen molar-refractivity contribution in [3.63, 3.8) is 0 Å². The number of amides is 1. The molecular weight excluding hydrogens is 343 g/mol. The first kappa shape index (κ1) is 18.0. The van der Waals surface area contributed by atoms with Gasteiger partial charge in [-0.15, -0.1) is 0 Å². The molecule has 0 bridgehead atoms. The normalized spacial score (nSPS) is 14.8. The van der Waals surface area contributed by atoms with Crippen LogP contribution in [0.25, 0.3) is 0 Å². The number of alkyl halides is 3. The Hall–Kier alpha value is -2.83. The Morgan fingerprint density at radius 2 is 1.77 bits per heavy atom. The van der Waals surface area contributed by atoms with E-state index in [1.807, 2.05) is 24.3 Å². The molecule has 1 fully saturated rings. The number of anilines is 1. The number of nitrogens with zero attached hydrogens (tertiary/aromatic N) is 2. The molecule has 0 aliphatic carbocycles. The van der Waals surface area contributed by atoms with Crippen molar-refractivity contribution in [1.82, 2.24) is 5.43 Å². The summed E-state index contributed by atoms with van der Waals surface area (Å²) in [6.07, 6.45) is -0.633. The highest BCUT2D eigenvalue weighted by molar-refractivity contribution is 5.95. The van der Waals surface area contributed by atoms with Crippen molar-refractivity contribution in [1.29, 1.82) is 0 Å². The Morgan fingerprint density at radius 1 is 1.08 bits per heavy atom. The van der Waals surface area contributed by atoms with Crippen molar-refractivity contribution in [3.05, 3.63) is 65.2 Å². The summed E-state index contributed by atoms with van der Waals surface area (Å²) in [7, 11) is 0. The van der Waals surface area contributed by atoms with Gasteiger partial charge < -0.3 is 4.90 Å². The molecule has 136 valence electrons. The highest BCUT2D eigenvalue weighted by Gasteiger charge is 2.30. The molecule has 1 heterocycles. The van der Waals surface area contributed by atoms with Crippen LogP contribution >= 0.6 is 0 Å². The second-order valence-electron chi connectivity index (χ2n) is 6.06. The molecule has 0 spiro atoms. The third kappa shape index (κ3) is 4.41. The first-order valence-corrected chi connectivity index (χ1v) is 8.29. The van der Waals surface area contributed by atoms with Crippen LogP contribution in [0.4, 0.5) is 18.9 Å². The summed E-state index contributed by atoms with van der Waals surface area (Å²) in [5.74, 6) is -0.693. The zero-order chi connectivity index (χ0) is 18.6. The molecule has 2 aromatic rings. The Morgan fingerprint density at radius 3 is 2.42 bits per heavy atom. The molecule has 3 rings (SSSR count). The molecule has 1 amide bonds. The minimum absolute atomic E-state index is 0.0960. The topological polar surface area (TPSA) is 44.7 Å². The third-order valence-electron chi connectivity index (χ3n) is 4.20. The van der Waals surface area contributed by atoms with Crippen molar-refractivity contribution in [2.75, 3.05) is 18.0 Å². The molecule has 4 nitrogen and oxygen atoms in total. The van der Waals surface area contributed by atoms with Gasteiger partial charge in [-0.2, -0.15) is 18.3 Å². The van der Waals surface area contributed by atoms with Gasteiger partial charge in [0.05, 0.1) is 11.8 Å². The van der Waals surface area contributed by atoms with Crippen molar-refractivity contribution in [2.24, 2.45) is 5.10 Å². The van der Waals surface area contributed by atoms with Crippen LogP contribution in [0.3, 0.4) is 0 Å². The number of hydrogen-bond acceptors (Lipinski definition) is 3. The number of benzene rings is 2. The molecule has 0 saturated carbocycles. The lowest BCUT2D eigenvalue weighted by molar-refractivity contribution is -0.137. The maximum absolute atomic E-state index is 12.7. The summed E-state index contributed by atoms with van der Waals surface area (Å²) in [5.41, 5.74) is 3.22. The largest absolute Gasteiger partial charge is 0.416 e. The quantitative estimate of drug-likeness (QED) is 0.659. The minimum atomic E-state index is -4.49. The molecule has 0 aromatic heterocycles. The molecular formula is C19H18F3N3O. The first-order valence-electron chi connectivity index (χ1n) is 8.29. The Labute approximate surface area is 149 Å². The Kier molecular flexibility index (Phi) is 5.25. The molecule has 0 radical (unpaired) electrons. The maximum atomic E-state index is 12.7. The predicted molar refractivity (Wildman–Crippen MR) is 94.4 cm³/mol. The van der Waals surface area contributed by atoms with E-state index in [2.05, 4.69) is 15.4 Å². The van der Waals surface area contributed by atoms with Crippen LogP contribution in [0.15, 0.2) is 53.6 Å². The van der Waals surface area contributed by atoms with Crippen LogP contribution in [0.1, 0.15) is 34.3 Å². The monoisotopic (exact) mass is 361 g/mol. The molecule has 26 heavy (non-hydrogen) atoms. The number of hydrogen-bond donors (Lipinski definition) is 1. The van der Waals surface area contributed by atoms with E-state index < -0.39 is 17.6 Å². The number of hydrazone groups is 1. The Bertz CT molecular complexity index is 794. The molecule has 1 saturated heterocycles. The number of rotatable bonds is 4. The van der Waals surface area contributed by atoms with Gasteiger partial charge in [-0.25, -0.2) is 5.43 Å². The second-order valence-corrected chi connectivity index (χ2v) is 6.06. The number of carbonyl (C=O) groups excluding carboxylic acids is 1. The van der Waals surface area contributed by atoms with Gasteiger partial charge >= 0.3 is 6.18 Å². The highest BCUT2D eigenvalue weighted by atomic mass is 19.4. The van der Waals surface area contributed by atoms with E-state index in [0.717, 1.165) is 36.5 Å². The molecule has 1 N–H and O–H groups in total. The lowest BCUT2D eigenvalue weighted by Gasteiger charge is -2.17. The zero-order valence-electron chi connectivity index (χ0n) is 14.0. The van der Waals surface area contributed by atoms with Crippen molar-refractivity contribution < 1.29 is 18.0 Å². The van der Waals surface area contributed by atoms with E-state index in [1.54, 1.807) is 0 Å². The summed E-state index contributed by atoms with van der Waals surface area (Å²) in [5, 5.41) is 3.82. The number of carbonyl (C=O) groups is 1. The van der Waals surface area contributed by atoms with E-state index in [4.69, 9.17) is 0 Å². The summed E-state index contributed by atoms with van der Waals surface area (Å²) in [6.45, 7) is 2.11. The molecule has 2 aromatic carbocycles. The zero-order valence-corrected chi connectivity index (χ0v) is 14.0. The van der Waals surface area contributed by atoms with Crippen molar-refractivity contribution in [3.8, 4) is 0 Å². The predicted octanol–water partition coefficient (Wildman–Crippen LogP) is 4.07. The summed E-state index contributed by atoms with van der Waals surface area (Å²) in [6, 6.07) is 12.0. The van der Waals surface area contributed by atoms with Gasteiger partial charge in [0, 0.05) is 24.3 Å². The SMILES string of the molecule is O=C(N/N=C\c1ccc(N2CCCC2)cc1)c1cccc(C(F)(F)F)c1. The lowest BCUT2D eigenvalue weighted by atomic mass is 10.1. The smallest absolute Gasteiger partial charge is 0.372 e. The second kappa shape index (κ2) is 7.59. The summed E-state index contributed by atoms with van der Waals surface area (Å²) in [4.78, 5) is 14.2. The molecule has 0 unspecified atom stereocenters. The average molecular weight is 361 g/mol. The van der Waals surface area contributed by atoms with E-state index in [0.29, 0.717) is 0 Å². The minimum Gasteiger partial charge on any atom is -0.372 e. The fourth-order valence-electron chi connectivity index (χ4n) is 2.81. The number of nitrogens with one attached hydrogen (secondary N) is 1. The van der Waals surface area contributed by atoms with Gasteiger partial charge in [0.1, 0.15) is 0 Å². The van der Waals surface area contributed by atoms with E-state index >= 15 is 0 Å². The average Bonchev–Trinajstić information content (AvgIpc) is 3.16. The fourth-order valence-corrected chi connectivity index (χ4v) is 2.81. The summed E-state index contributed by atoms with van der Waals surface area (Å²) < 4.78 is 38.1. The molecule has 1 aliphatic rings. The summed E-state index contributed by atoms with van der Waals surface area (Å²) >= 11 is 0. The van der Waals surface area contributed by atoms with Crippen LogP contribution in [0.5, 0.6) is 0 Å². The van der Waals surface area contributed by atoms with Crippen molar-refractivity contribution in [2.45, 2.75) is 19.0 Å². The van der Waals surface area contributed by atoms with Crippen molar-refractivity contribution >= 4 is 17.8 Å². The van der Waals surface area contributed by atoms with Gasteiger partial charge in [0.25, 0.3) is 5.91 Å². The van der Waals surface area contributed by atoms with E-state index in [-0.39, 0.29) is 5.56 Å². The van der Waals surface area contributed by atoms with Crippen LogP contribution < -0.4 is 10.3 Å². The number of halogens is 3. The van der Waals surface area contributed by atoms with Gasteiger partial charge in [-0.05, 0) is 48.7 Å². The molecule has 0 atom stereocenters. The standard InChI is InChI=1S/C19H18F3N3O/c20-19(21,22)16-5-3-4-15(12-16)18(26)24-23-13-14-6-8-17(9-7-14)25-10-1-2-11-25/h3-9,12-13H,1-2,10-11H2,(H,24,26)/b23-13-. The van der Waals surface area contributed by atoms with E-state index in [1.165, 1.54) is 31.2 Å². The lowest BCUT2D eigenvalue weighted by Crippen LogP contribution is -2.18. The van der Waals surface area contributed by atoms with Gasteiger partial charge in [0.15, 0.2) is 0 Å². The van der Waals surface area contributed by atoms with Crippen LogP contribution in [0.2, 0.25) is 0 Å². The van der Waals surface area contributed by atoms with Crippen LogP contribution in [0, 0.1) is 0 Å². The van der Waals surface area contributed by atoms with Gasteiger partial charge in [-0.3, -0.25) is 4.79 Å². The maximum Gasteiger partial charge on any atom is 0.416 e. The van der Waals surface area contributed by atoms with Gasteiger partial charge in [-0.1, -0.05) is 18.2 Å². The van der Waals surface area contributed by atoms with Crippen LogP contribution in [-0.2, 0) is 6.18 Å². The fraction of sp³-hybridized carbons (Fsp3) is 0.263. The third-order valence-corrected chi connectivity index (χ3v) is 4.20. The first-order chi connectivity index (χ1) is 12.4. The van der Waals surface area contributed by atoms with E-state index in [9.17, 15) is 18.0 Å². The van der Waals surface area contributed by atoms with Gasteiger partial charge in [0.2, 0.25) is 0 Å². The van der Waals surface area contributed by atoms with Crippen LogP contribution in [-0.4, -0.2) is 25.2 Å². The highest BCUT2D eigenvalue weighted by Crippen LogP contribution is 2.29.